The van der Waals surface area contributed by atoms with Gasteiger partial charge in [0.25, 0.3) is 0 Å². The Hall–Kier alpha value is -1.88. The first kappa shape index (κ1) is 16.2. The fourth-order valence-electron chi connectivity index (χ4n) is 1.46. The van der Waals surface area contributed by atoms with Crippen LogP contribution in [0.4, 0.5) is 13.2 Å². The molecular formula is C12H10F3NO3S. The zero-order chi connectivity index (χ0) is 15.3. The average Bonchev–Trinajstić information content (AvgIpc) is 2.35. The van der Waals surface area contributed by atoms with Crippen LogP contribution in [0.5, 0.6) is 5.75 Å². The van der Waals surface area contributed by atoms with Gasteiger partial charge in [0.05, 0.1) is 19.3 Å². The molecule has 20 heavy (non-hydrogen) atoms. The second-order valence-corrected chi connectivity index (χ2v) is 4.57. The van der Waals surface area contributed by atoms with Crippen LogP contribution in [-0.4, -0.2) is 25.2 Å². The number of alkyl halides is 3. The number of benzene rings is 1. The molecule has 0 aliphatic heterocycles. The number of halogens is 3. The minimum atomic E-state index is -4.52. The van der Waals surface area contributed by atoms with Gasteiger partial charge in [-0.1, -0.05) is 0 Å². The number of esters is 1. The summed E-state index contributed by atoms with van der Waals surface area (Å²) in [6.45, 7) is 1.62. The van der Waals surface area contributed by atoms with Crippen molar-refractivity contribution in [1.82, 2.24) is 0 Å². The van der Waals surface area contributed by atoms with Crippen LogP contribution < -0.4 is 4.74 Å². The molecule has 0 atom stereocenters. The number of rotatable bonds is 4. The summed E-state index contributed by atoms with van der Waals surface area (Å²) in [5.74, 6) is -0.942. The fourth-order valence-corrected chi connectivity index (χ4v) is 2.08. The maximum Gasteiger partial charge on any atom is 0.446 e. The molecule has 1 aromatic rings. The molecule has 0 aromatic heterocycles. The molecule has 0 aliphatic rings. The normalized spacial score (nSPS) is 10.8. The molecule has 1 aromatic carbocycles. The first-order chi connectivity index (χ1) is 9.32. The van der Waals surface area contributed by atoms with E-state index in [-0.39, 0.29) is 28.4 Å². The summed E-state index contributed by atoms with van der Waals surface area (Å²) in [4.78, 5) is 11.4. The smallest absolute Gasteiger partial charge is 0.446 e. The number of nitriles is 1. The number of carbonyl (C=O) groups excluding carboxylic acids is 1. The number of hydrogen-bond acceptors (Lipinski definition) is 5. The number of nitrogens with zero attached hydrogens (tertiary/aromatic N) is 1. The molecular weight excluding hydrogens is 295 g/mol. The van der Waals surface area contributed by atoms with Crippen LogP contribution in [0.25, 0.3) is 0 Å². The average molecular weight is 305 g/mol. The Labute approximate surface area is 117 Å². The lowest BCUT2D eigenvalue weighted by Crippen LogP contribution is -2.09. The fraction of sp³-hybridized carbons (Fsp3) is 0.333. The molecule has 0 bridgehead atoms. The molecule has 0 radical (unpaired) electrons. The highest BCUT2D eigenvalue weighted by Crippen LogP contribution is 2.39. The Balaban J connectivity index is 3.35. The van der Waals surface area contributed by atoms with Gasteiger partial charge < -0.3 is 9.47 Å². The molecule has 0 saturated carbocycles. The number of thioether (sulfide) groups is 1. The maximum absolute atomic E-state index is 12.4. The van der Waals surface area contributed by atoms with Crippen molar-refractivity contribution in [2.45, 2.75) is 17.3 Å². The van der Waals surface area contributed by atoms with E-state index >= 15 is 0 Å². The Kier molecular flexibility index (Phi) is 5.27. The Bertz CT molecular complexity index is 552. The van der Waals surface area contributed by atoms with Crippen molar-refractivity contribution in [3.8, 4) is 11.8 Å². The minimum Gasteiger partial charge on any atom is -0.494 e. The van der Waals surface area contributed by atoms with Crippen molar-refractivity contribution < 1.29 is 27.4 Å². The van der Waals surface area contributed by atoms with Crippen molar-refractivity contribution in [3.05, 3.63) is 23.3 Å². The van der Waals surface area contributed by atoms with Crippen LogP contribution in [0.15, 0.2) is 17.0 Å². The number of ether oxygens (including phenoxy) is 2. The molecule has 0 amide bonds. The molecule has 0 aliphatic carbocycles. The van der Waals surface area contributed by atoms with Gasteiger partial charge in [0.2, 0.25) is 0 Å². The van der Waals surface area contributed by atoms with E-state index < -0.39 is 23.2 Å². The molecule has 1 rings (SSSR count). The molecule has 0 saturated heterocycles. The van der Waals surface area contributed by atoms with Gasteiger partial charge in [0.1, 0.15) is 11.6 Å². The van der Waals surface area contributed by atoms with Crippen molar-refractivity contribution >= 4 is 17.7 Å². The lowest BCUT2D eigenvalue weighted by atomic mass is 10.1. The van der Waals surface area contributed by atoms with Crippen LogP contribution >= 0.6 is 11.8 Å². The lowest BCUT2D eigenvalue weighted by Gasteiger charge is -2.12. The van der Waals surface area contributed by atoms with Crippen LogP contribution in [0.3, 0.4) is 0 Å². The molecule has 4 nitrogen and oxygen atoms in total. The SMILES string of the molecule is CCOC(=O)c1cc(SC(F)(F)F)cc(C#N)c1OC. The summed E-state index contributed by atoms with van der Waals surface area (Å²) in [5.41, 5.74) is -4.89. The number of carbonyl (C=O) groups is 1. The van der Waals surface area contributed by atoms with Crippen molar-refractivity contribution in [3.63, 3.8) is 0 Å². The van der Waals surface area contributed by atoms with E-state index in [2.05, 4.69) is 0 Å². The van der Waals surface area contributed by atoms with E-state index in [9.17, 15) is 18.0 Å². The summed E-state index contributed by atoms with van der Waals surface area (Å²) in [6, 6.07) is 3.71. The third-order valence-corrected chi connectivity index (χ3v) is 2.82. The van der Waals surface area contributed by atoms with Gasteiger partial charge in [-0.25, -0.2) is 4.79 Å². The Morgan fingerprint density at radius 1 is 1.45 bits per heavy atom. The van der Waals surface area contributed by atoms with E-state index in [0.717, 1.165) is 12.1 Å². The van der Waals surface area contributed by atoms with E-state index in [1.54, 1.807) is 13.0 Å². The van der Waals surface area contributed by atoms with Crippen molar-refractivity contribution in [2.24, 2.45) is 0 Å². The van der Waals surface area contributed by atoms with Gasteiger partial charge >= 0.3 is 11.5 Å². The van der Waals surface area contributed by atoms with Gasteiger partial charge in [-0.15, -0.1) is 0 Å². The molecule has 8 heteroatoms. The third kappa shape index (κ3) is 4.06. The zero-order valence-electron chi connectivity index (χ0n) is 10.6. The molecule has 0 spiro atoms. The van der Waals surface area contributed by atoms with E-state index in [1.165, 1.54) is 7.11 Å². The highest BCUT2D eigenvalue weighted by molar-refractivity contribution is 8.00. The predicted molar refractivity (Wildman–Crippen MR) is 65.6 cm³/mol. The minimum absolute atomic E-state index is 0.0561. The van der Waals surface area contributed by atoms with Crippen LogP contribution in [0, 0.1) is 11.3 Å². The van der Waals surface area contributed by atoms with Gasteiger partial charge in [0.15, 0.2) is 5.75 Å². The monoisotopic (exact) mass is 305 g/mol. The van der Waals surface area contributed by atoms with Crippen molar-refractivity contribution in [1.29, 1.82) is 5.26 Å². The molecule has 0 N–H and O–H groups in total. The van der Waals surface area contributed by atoms with E-state index in [1.807, 2.05) is 0 Å². The zero-order valence-corrected chi connectivity index (χ0v) is 11.4. The first-order valence-corrected chi connectivity index (χ1v) is 6.19. The molecule has 0 fully saturated rings. The lowest BCUT2D eigenvalue weighted by molar-refractivity contribution is -0.0328. The summed E-state index contributed by atoms with van der Waals surface area (Å²) >= 11 is -0.415. The predicted octanol–water partition coefficient (Wildman–Crippen LogP) is 3.36. The van der Waals surface area contributed by atoms with Crippen LogP contribution in [0.1, 0.15) is 22.8 Å². The Morgan fingerprint density at radius 2 is 2.10 bits per heavy atom. The van der Waals surface area contributed by atoms with Crippen LogP contribution in [0.2, 0.25) is 0 Å². The molecule has 108 valence electrons. The first-order valence-electron chi connectivity index (χ1n) is 5.37. The summed E-state index contributed by atoms with van der Waals surface area (Å²) in [5, 5.41) is 8.94. The largest absolute Gasteiger partial charge is 0.494 e. The van der Waals surface area contributed by atoms with Gasteiger partial charge in [-0.05, 0) is 30.8 Å². The quantitative estimate of drug-likeness (QED) is 0.630. The van der Waals surface area contributed by atoms with Crippen molar-refractivity contribution in [2.75, 3.05) is 13.7 Å². The molecule has 0 unspecified atom stereocenters. The summed E-state index contributed by atoms with van der Waals surface area (Å²) in [6.07, 6.45) is 0. The second-order valence-electron chi connectivity index (χ2n) is 3.43. The molecule has 0 heterocycles. The maximum atomic E-state index is 12.4. The second kappa shape index (κ2) is 6.52. The summed E-state index contributed by atoms with van der Waals surface area (Å²) in [7, 11) is 1.22. The standard InChI is InChI=1S/C12H10F3NO3S/c1-3-19-11(17)9-5-8(20-12(13,14)15)4-7(6-16)10(9)18-2/h4-5H,3H2,1-2H3. The van der Waals surface area contributed by atoms with Gasteiger partial charge in [0, 0.05) is 4.90 Å². The number of methoxy groups -OCH3 is 1. The summed E-state index contributed by atoms with van der Waals surface area (Å²) < 4.78 is 46.8. The third-order valence-electron chi connectivity index (χ3n) is 2.12. The van der Waals surface area contributed by atoms with Gasteiger partial charge in [-0.2, -0.15) is 18.4 Å². The van der Waals surface area contributed by atoms with E-state index in [4.69, 9.17) is 14.7 Å². The topological polar surface area (TPSA) is 59.3 Å². The Morgan fingerprint density at radius 3 is 2.55 bits per heavy atom. The highest BCUT2D eigenvalue weighted by Gasteiger charge is 2.31. The number of hydrogen-bond donors (Lipinski definition) is 0. The van der Waals surface area contributed by atoms with E-state index in [0.29, 0.717) is 0 Å². The van der Waals surface area contributed by atoms with Crippen LogP contribution in [-0.2, 0) is 4.74 Å². The highest BCUT2D eigenvalue weighted by atomic mass is 32.2. The van der Waals surface area contributed by atoms with Gasteiger partial charge in [-0.3, -0.25) is 0 Å².